The van der Waals surface area contributed by atoms with Gasteiger partial charge in [-0.3, -0.25) is 5.32 Å². The van der Waals surface area contributed by atoms with E-state index in [2.05, 4.69) is 17.3 Å². The number of nitrogens with one attached hydrogen (secondary N) is 1. The number of quaternary nitrogens is 1. The van der Waals surface area contributed by atoms with Crippen molar-refractivity contribution in [3.63, 3.8) is 0 Å². The highest BCUT2D eigenvalue weighted by atomic mass is 35.5. The zero-order valence-electron chi connectivity index (χ0n) is 18.3. The van der Waals surface area contributed by atoms with E-state index in [1.165, 1.54) is 67.6 Å². The maximum Gasteiger partial charge on any atom is 0.411 e. The molecule has 0 radical (unpaired) electrons. The van der Waals surface area contributed by atoms with Crippen molar-refractivity contribution in [1.29, 1.82) is 0 Å². The first-order chi connectivity index (χ1) is 15.0. The van der Waals surface area contributed by atoms with Crippen molar-refractivity contribution in [3.05, 3.63) is 34.8 Å². The largest absolute Gasteiger partial charge is 0.449 e. The molecule has 31 heavy (non-hydrogen) atoms. The number of piperidine rings is 1. The fourth-order valence-corrected chi connectivity index (χ4v) is 6.00. The van der Waals surface area contributed by atoms with Gasteiger partial charge in [0.2, 0.25) is 0 Å². The van der Waals surface area contributed by atoms with Crippen molar-refractivity contribution < 1.29 is 14.0 Å². The molecule has 1 aliphatic carbocycles. The van der Waals surface area contributed by atoms with Crippen LogP contribution >= 0.6 is 22.9 Å². The molecule has 2 aliphatic rings. The molecule has 5 nitrogen and oxygen atoms in total. The van der Waals surface area contributed by atoms with Gasteiger partial charge in [0, 0.05) is 41.3 Å². The molecule has 1 aliphatic heterocycles. The van der Waals surface area contributed by atoms with E-state index < -0.39 is 0 Å². The van der Waals surface area contributed by atoms with Crippen LogP contribution in [0.3, 0.4) is 0 Å². The van der Waals surface area contributed by atoms with Gasteiger partial charge in [0.25, 0.3) is 0 Å². The number of anilines is 1. The standard InChI is InChI=1S/C24H32ClN3O2S/c1-28(15-18-6-3-2-4-7-18)12-10-19(11-13-28)16-30-24(29)26-21-9-5-8-20(14-21)23-27-22(25)17-31-23/h5,8-9,14,17-19H,2-4,6-7,10-13,15-16H2,1H3/p+1. The summed E-state index contributed by atoms with van der Waals surface area (Å²) in [5.74, 6) is 1.38. The number of carbonyl (C=O) groups excluding carboxylic acids is 1. The number of amides is 1. The van der Waals surface area contributed by atoms with Crippen LogP contribution in [0.2, 0.25) is 5.15 Å². The summed E-state index contributed by atoms with van der Waals surface area (Å²) in [6.45, 7) is 4.22. The minimum absolute atomic E-state index is 0.389. The SMILES string of the molecule is C[N+]1(CC2CCCCC2)CCC(COC(=O)Nc2cccc(-c3nc(Cl)cs3)c2)CC1. The van der Waals surface area contributed by atoms with E-state index in [1.54, 1.807) is 5.38 Å². The van der Waals surface area contributed by atoms with E-state index in [-0.39, 0.29) is 6.09 Å². The predicted molar refractivity (Wildman–Crippen MR) is 128 cm³/mol. The molecule has 2 aromatic rings. The van der Waals surface area contributed by atoms with Crippen molar-refractivity contribution in [2.75, 3.05) is 38.6 Å². The number of carbonyl (C=O) groups is 1. The second-order valence-corrected chi connectivity index (χ2v) is 10.7. The maximum absolute atomic E-state index is 12.3. The Hall–Kier alpha value is -1.63. The molecule has 0 atom stereocenters. The van der Waals surface area contributed by atoms with Crippen molar-refractivity contribution in [2.24, 2.45) is 11.8 Å². The lowest BCUT2D eigenvalue weighted by Gasteiger charge is -2.43. The van der Waals surface area contributed by atoms with E-state index in [0.717, 1.165) is 29.3 Å². The summed E-state index contributed by atoms with van der Waals surface area (Å²) >= 11 is 7.41. The lowest BCUT2D eigenvalue weighted by Crippen LogP contribution is -2.52. The van der Waals surface area contributed by atoms with Gasteiger partial charge >= 0.3 is 6.09 Å². The van der Waals surface area contributed by atoms with Crippen LogP contribution in [0.15, 0.2) is 29.6 Å². The van der Waals surface area contributed by atoms with Crippen LogP contribution in [0.1, 0.15) is 44.9 Å². The first kappa shape index (κ1) is 22.6. The van der Waals surface area contributed by atoms with Gasteiger partial charge in [-0.25, -0.2) is 9.78 Å². The number of nitrogens with zero attached hydrogens (tertiary/aromatic N) is 2. The molecule has 1 saturated carbocycles. The summed E-state index contributed by atoms with van der Waals surface area (Å²) < 4.78 is 6.76. The number of thiazole rings is 1. The van der Waals surface area contributed by atoms with Crippen LogP contribution in [0.5, 0.6) is 0 Å². The molecule has 168 valence electrons. The van der Waals surface area contributed by atoms with Gasteiger partial charge in [-0.2, -0.15) is 0 Å². The molecule has 1 aromatic heterocycles. The molecular formula is C24H33ClN3O2S+. The summed E-state index contributed by atoms with van der Waals surface area (Å²) in [5, 5.41) is 5.96. The molecule has 1 N–H and O–H groups in total. The van der Waals surface area contributed by atoms with Crippen molar-refractivity contribution in [3.8, 4) is 10.6 Å². The number of hydrogen-bond donors (Lipinski definition) is 1. The van der Waals surface area contributed by atoms with Gasteiger partial charge in [-0.05, 0) is 25.0 Å². The Balaban J connectivity index is 1.21. The molecule has 2 fully saturated rings. The molecule has 0 spiro atoms. The summed E-state index contributed by atoms with van der Waals surface area (Å²) in [6.07, 6.45) is 8.96. The van der Waals surface area contributed by atoms with Gasteiger partial charge < -0.3 is 9.22 Å². The van der Waals surface area contributed by atoms with Crippen molar-refractivity contribution >= 4 is 34.7 Å². The normalized spacial score (nSPS) is 24.6. The zero-order valence-corrected chi connectivity index (χ0v) is 19.9. The van der Waals surface area contributed by atoms with Crippen LogP contribution in [-0.2, 0) is 4.74 Å². The van der Waals surface area contributed by atoms with E-state index >= 15 is 0 Å². The Morgan fingerprint density at radius 3 is 2.68 bits per heavy atom. The highest BCUT2D eigenvalue weighted by molar-refractivity contribution is 7.13. The quantitative estimate of drug-likeness (QED) is 0.502. The highest BCUT2D eigenvalue weighted by Crippen LogP contribution is 2.30. The summed E-state index contributed by atoms with van der Waals surface area (Å²) in [5.41, 5.74) is 1.63. The van der Waals surface area contributed by atoms with E-state index in [4.69, 9.17) is 16.3 Å². The van der Waals surface area contributed by atoms with Gasteiger partial charge in [0.05, 0.1) is 33.3 Å². The van der Waals surface area contributed by atoms with E-state index in [9.17, 15) is 4.79 Å². The minimum Gasteiger partial charge on any atom is -0.449 e. The Labute approximate surface area is 194 Å². The molecular weight excluding hydrogens is 430 g/mol. The predicted octanol–water partition coefficient (Wildman–Crippen LogP) is 6.45. The van der Waals surface area contributed by atoms with E-state index in [0.29, 0.717) is 23.4 Å². The molecule has 2 heterocycles. The number of rotatable bonds is 6. The Morgan fingerprint density at radius 2 is 1.97 bits per heavy atom. The lowest BCUT2D eigenvalue weighted by atomic mass is 9.87. The van der Waals surface area contributed by atoms with Gasteiger partial charge in [-0.15, -0.1) is 11.3 Å². The minimum atomic E-state index is -0.389. The second-order valence-electron chi connectivity index (χ2n) is 9.48. The monoisotopic (exact) mass is 462 g/mol. The molecule has 1 amide bonds. The van der Waals surface area contributed by atoms with Crippen LogP contribution in [0.4, 0.5) is 10.5 Å². The molecule has 1 aromatic carbocycles. The summed E-state index contributed by atoms with van der Waals surface area (Å²) in [6, 6.07) is 7.60. The Kier molecular flexibility index (Phi) is 7.51. The smallest absolute Gasteiger partial charge is 0.411 e. The zero-order chi connectivity index (χ0) is 21.7. The third kappa shape index (κ3) is 6.43. The maximum atomic E-state index is 12.3. The number of hydrogen-bond acceptors (Lipinski definition) is 4. The second kappa shape index (κ2) is 10.3. The summed E-state index contributed by atoms with van der Waals surface area (Å²) in [4.78, 5) is 16.6. The van der Waals surface area contributed by atoms with Crippen LogP contribution in [0.25, 0.3) is 10.6 Å². The Bertz CT molecular complexity index is 873. The average Bonchev–Trinajstić information content (AvgIpc) is 3.21. The lowest BCUT2D eigenvalue weighted by molar-refractivity contribution is -0.918. The highest BCUT2D eigenvalue weighted by Gasteiger charge is 2.33. The van der Waals surface area contributed by atoms with Crippen LogP contribution < -0.4 is 5.32 Å². The third-order valence-corrected chi connectivity index (χ3v) is 8.07. The number of halogens is 1. The van der Waals surface area contributed by atoms with Crippen LogP contribution in [-0.4, -0.2) is 48.8 Å². The third-order valence-electron chi connectivity index (χ3n) is 6.86. The first-order valence-corrected chi connectivity index (χ1v) is 12.7. The molecule has 0 bridgehead atoms. The molecule has 1 saturated heterocycles. The molecule has 0 unspecified atom stereocenters. The Morgan fingerprint density at radius 1 is 1.19 bits per heavy atom. The van der Waals surface area contributed by atoms with Crippen LogP contribution in [0, 0.1) is 11.8 Å². The van der Waals surface area contributed by atoms with Gasteiger partial charge in [0.1, 0.15) is 10.2 Å². The van der Waals surface area contributed by atoms with Gasteiger partial charge in [-0.1, -0.05) is 43.0 Å². The molecule has 4 rings (SSSR count). The van der Waals surface area contributed by atoms with Gasteiger partial charge in [0.15, 0.2) is 0 Å². The number of likely N-dealkylation sites (tertiary alicyclic amines) is 1. The number of aromatic nitrogens is 1. The first-order valence-electron chi connectivity index (χ1n) is 11.5. The van der Waals surface area contributed by atoms with Crippen molar-refractivity contribution in [2.45, 2.75) is 44.9 Å². The topological polar surface area (TPSA) is 51.2 Å². The van der Waals surface area contributed by atoms with Crippen molar-refractivity contribution in [1.82, 2.24) is 4.98 Å². The molecule has 7 heteroatoms. The fraction of sp³-hybridized carbons (Fsp3) is 0.583. The summed E-state index contributed by atoms with van der Waals surface area (Å²) in [7, 11) is 2.42. The number of benzene rings is 1. The fourth-order valence-electron chi connectivity index (χ4n) is 5.05. The number of ether oxygens (including phenoxy) is 1. The van der Waals surface area contributed by atoms with E-state index in [1.807, 2.05) is 24.3 Å². The average molecular weight is 463 g/mol.